The van der Waals surface area contributed by atoms with Crippen LogP contribution in [0.25, 0.3) is 0 Å². The van der Waals surface area contributed by atoms with Gasteiger partial charge < -0.3 is 28.0 Å². The molecule has 1 unspecified atom stereocenters. The normalized spacial score (nSPS) is 21.5. The summed E-state index contributed by atoms with van der Waals surface area (Å²) >= 11 is 0. The van der Waals surface area contributed by atoms with Crippen LogP contribution in [0.4, 0.5) is 0 Å². The SMILES string of the molecule is CCOP(=O)(C[C@H]1OC(OC(C)=O)[C@H](OC(=O)c2ccccc2)[C@@H]1OC(=O)c1ccccc1)OCC. The van der Waals surface area contributed by atoms with Gasteiger partial charge in [0, 0.05) is 6.92 Å². The average Bonchev–Trinajstić information content (AvgIpc) is 3.14. The molecule has 2 aromatic carbocycles. The van der Waals surface area contributed by atoms with Crippen molar-refractivity contribution in [3.8, 4) is 0 Å². The number of hydrogen-bond donors (Lipinski definition) is 0. The van der Waals surface area contributed by atoms with Gasteiger partial charge >= 0.3 is 25.5 Å². The third kappa shape index (κ3) is 7.24. The number of esters is 3. The summed E-state index contributed by atoms with van der Waals surface area (Å²) in [6, 6.07) is 16.3. The van der Waals surface area contributed by atoms with Crippen molar-refractivity contribution >= 4 is 25.5 Å². The van der Waals surface area contributed by atoms with E-state index in [1.54, 1.807) is 74.5 Å². The zero-order valence-corrected chi connectivity index (χ0v) is 21.1. The second-order valence-corrected chi connectivity index (χ2v) is 9.86. The number of carbonyl (C=O) groups is 3. The molecule has 194 valence electrons. The summed E-state index contributed by atoms with van der Waals surface area (Å²) in [5, 5.41) is 0. The van der Waals surface area contributed by atoms with Gasteiger partial charge in [-0.15, -0.1) is 0 Å². The molecule has 1 saturated heterocycles. The Balaban J connectivity index is 1.95. The maximum atomic E-state index is 13.3. The molecule has 3 rings (SSSR count). The maximum Gasteiger partial charge on any atom is 0.338 e. The molecule has 36 heavy (non-hydrogen) atoms. The lowest BCUT2D eigenvalue weighted by atomic mass is 10.1. The molecule has 0 aromatic heterocycles. The van der Waals surface area contributed by atoms with Crippen molar-refractivity contribution in [3.63, 3.8) is 0 Å². The second-order valence-electron chi connectivity index (χ2n) is 7.75. The molecule has 0 aliphatic carbocycles. The second kappa shape index (κ2) is 12.8. The minimum Gasteiger partial charge on any atom is -0.452 e. The van der Waals surface area contributed by atoms with E-state index in [0.29, 0.717) is 0 Å². The molecule has 10 nitrogen and oxygen atoms in total. The zero-order chi connectivity index (χ0) is 26.1. The van der Waals surface area contributed by atoms with Gasteiger partial charge in [0.1, 0.15) is 6.10 Å². The molecule has 0 radical (unpaired) electrons. The van der Waals surface area contributed by atoms with E-state index in [1.807, 2.05) is 0 Å². The summed E-state index contributed by atoms with van der Waals surface area (Å²) in [4.78, 5) is 37.6. The van der Waals surface area contributed by atoms with Gasteiger partial charge in [-0.2, -0.15) is 0 Å². The molecule has 1 heterocycles. The summed E-state index contributed by atoms with van der Waals surface area (Å²) in [6.07, 6.45) is -5.54. The smallest absolute Gasteiger partial charge is 0.338 e. The Bertz CT molecular complexity index is 1060. The fraction of sp³-hybridized carbons (Fsp3) is 0.400. The lowest BCUT2D eigenvalue weighted by molar-refractivity contribution is -0.185. The monoisotopic (exact) mass is 520 g/mol. The van der Waals surface area contributed by atoms with Crippen molar-refractivity contribution in [1.29, 1.82) is 0 Å². The van der Waals surface area contributed by atoms with Gasteiger partial charge in [0.15, 0.2) is 6.10 Å². The molecule has 0 spiro atoms. The van der Waals surface area contributed by atoms with Crippen LogP contribution >= 0.6 is 7.60 Å². The molecule has 1 aliphatic rings. The molecule has 1 aliphatic heterocycles. The molecule has 0 saturated carbocycles. The van der Waals surface area contributed by atoms with E-state index in [9.17, 15) is 18.9 Å². The standard InChI is InChI=1S/C25H29O10P/c1-4-30-36(29,31-5-2)16-20-21(34-23(27)18-12-8-6-9-13-18)22(25(33-20)32-17(3)26)35-24(28)19-14-10-7-11-15-19/h6-15,20-22,25H,4-5,16H2,1-3H3/t20-,21-,22-,25?/m1/s1. The van der Waals surface area contributed by atoms with Gasteiger partial charge in [0.25, 0.3) is 0 Å². The third-order valence-corrected chi connectivity index (χ3v) is 7.22. The molecule has 4 atom stereocenters. The van der Waals surface area contributed by atoms with E-state index in [2.05, 4.69) is 0 Å². The Hall–Kier alpha value is -3.04. The summed E-state index contributed by atoms with van der Waals surface area (Å²) < 4.78 is 46.4. The molecule has 0 N–H and O–H groups in total. The van der Waals surface area contributed by atoms with Crippen molar-refractivity contribution in [2.24, 2.45) is 0 Å². The van der Waals surface area contributed by atoms with Gasteiger partial charge in [-0.25, -0.2) is 9.59 Å². The topological polar surface area (TPSA) is 124 Å². The third-order valence-electron chi connectivity index (χ3n) is 5.11. The van der Waals surface area contributed by atoms with E-state index < -0.39 is 50.1 Å². The van der Waals surface area contributed by atoms with Crippen LogP contribution in [0.5, 0.6) is 0 Å². The van der Waals surface area contributed by atoms with Gasteiger partial charge in [0.2, 0.25) is 12.4 Å². The molecule has 0 amide bonds. The highest BCUT2D eigenvalue weighted by atomic mass is 31.2. The lowest BCUT2D eigenvalue weighted by Crippen LogP contribution is -2.42. The fourth-order valence-corrected chi connectivity index (χ4v) is 5.46. The van der Waals surface area contributed by atoms with Crippen molar-refractivity contribution < 1.29 is 46.9 Å². The quantitative estimate of drug-likeness (QED) is 0.244. The Morgan fingerprint density at radius 1 is 0.778 bits per heavy atom. The van der Waals surface area contributed by atoms with Crippen LogP contribution in [-0.2, 0) is 37.4 Å². The van der Waals surface area contributed by atoms with Crippen molar-refractivity contribution in [1.82, 2.24) is 0 Å². The summed E-state index contributed by atoms with van der Waals surface area (Å²) in [5.41, 5.74) is 0.461. The Morgan fingerprint density at radius 3 is 1.69 bits per heavy atom. The molecular weight excluding hydrogens is 491 g/mol. The first-order valence-electron chi connectivity index (χ1n) is 11.5. The van der Waals surface area contributed by atoms with E-state index in [-0.39, 0.29) is 30.5 Å². The molecular formula is C25H29O10P. The summed E-state index contributed by atoms with van der Waals surface area (Å²) in [6.45, 7) is 4.65. The number of rotatable bonds is 11. The van der Waals surface area contributed by atoms with Crippen LogP contribution in [0.2, 0.25) is 0 Å². The van der Waals surface area contributed by atoms with Gasteiger partial charge in [-0.05, 0) is 38.1 Å². The average molecular weight is 520 g/mol. The Labute approximate surface area is 209 Å². The largest absolute Gasteiger partial charge is 0.452 e. The highest BCUT2D eigenvalue weighted by Gasteiger charge is 2.54. The van der Waals surface area contributed by atoms with Gasteiger partial charge in [0.05, 0.1) is 30.5 Å². The number of carbonyl (C=O) groups excluding carboxylic acids is 3. The minimum atomic E-state index is -3.70. The fourth-order valence-electron chi connectivity index (χ4n) is 3.65. The van der Waals surface area contributed by atoms with Gasteiger partial charge in [-0.1, -0.05) is 36.4 Å². The predicted octanol–water partition coefficient (Wildman–Crippen LogP) is 3.99. The zero-order valence-electron chi connectivity index (χ0n) is 20.2. The van der Waals surface area contributed by atoms with E-state index in [1.165, 1.54) is 0 Å². The van der Waals surface area contributed by atoms with Crippen LogP contribution in [0.3, 0.4) is 0 Å². The van der Waals surface area contributed by atoms with E-state index in [0.717, 1.165) is 6.92 Å². The molecule has 0 bridgehead atoms. The first-order chi connectivity index (χ1) is 17.3. The highest BCUT2D eigenvalue weighted by molar-refractivity contribution is 7.53. The molecule has 2 aromatic rings. The summed E-state index contributed by atoms with van der Waals surface area (Å²) in [5.74, 6) is -2.20. The molecule has 11 heteroatoms. The van der Waals surface area contributed by atoms with Crippen molar-refractivity contribution in [2.75, 3.05) is 19.4 Å². The number of ether oxygens (including phenoxy) is 4. The van der Waals surface area contributed by atoms with Crippen LogP contribution in [-0.4, -0.2) is 61.9 Å². The number of benzene rings is 2. The van der Waals surface area contributed by atoms with E-state index in [4.69, 9.17) is 28.0 Å². The van der Waals surface area contributed by atoms with Crippen LogP contribution in [0.15, 0.2) is 60.7 Å². The van der Waals surface area contributed by atoms with Crippen molar-refractivity contribution in [3.05, 3.63) is 71.8 Å². The predicted molar refractivity (Wildman–Crippen MR) is 127 cm³/mol. The lowest BCUT2D eigenvalue weighted by Gasteiger charge is -2.25. The molecule has 1 fully saturated rings. The summed E-state index contributed by atoms with van der Waals surface area (Å²) in [7, 11) is -3.70. The number of hydrogen-bond acceptors (Lipinski definition) is 10. The van der Waals surface area contributed by atoms with Crippen LogP contribution in [0.1, 0.15) is 41.5 Å². The Morgan fingerprint density at radius 2 is 1.25 bits per heavy atom. The first kappa shape index (κ1) is 27.5. The van der Waals surface area contributed by atoms with Crippen molar-refractivity contribution in [2.45, 2.75) is 45.4 Å². The van der Waals surface area contributed by atoms with Crippen LogP contribution < -0.4 is 0 Å². The minimum absolute atomic E-state index is 0.0955. The first-order valence-corrected chi connectivity index (χ1v) is 13.2. The highest BCUT2D eigenvalue weighted by Crippen LogP contribution is 2.51. The van der Waals surface area contributed by atoms with Crippen LogP contribution in [0, 0.1) is 0 Å². The van der Waals surface area contributed by atoms with E-state index >= 15 is 0 Å². The maximum absolute atomic E-state index is 13.3. The Kier molecular flexibility index (Phi) is 9.78. The van der Waals surface area contributed by atoms with Gasteiger partial charge in [-0.3, -0.25) is 9.36 Å².